The number of fused-ring (bicyclic) bond motifs is 3. The lowest BCUT2D eigenvalue weighted by Crippen LogP contribution is -2.06. The van der Waals surface area contributed by atoms with Crippen molar-refractivity contribution in [1.82, 2.24) is 9.55 Å². The number of benzene rings is 1. The van der Waals surface area contributed by atoms with Crippen molar-refractivity contribution in [3.05, 3.63) is 36.3 Å². The zero-order valence-corrected chi connectivity index (χ0v) is 8.67. The molecular weight excluding hydrogens is 204 g/mol. The maximum Gasteiger partial charge on any atom is 0.121 e. The second kappa shape index (κ2) is 3.35. The summed E-state index contributed by atoms with van der Waals surface area (Å²) in [5.41, 5.74) is 2.91. The summed E-state index contributed by atoms with van der Waals surface area (Å²) in [6, 6.07) is 5.48. The first kappa shape index (κ1) is 9.42. The van der Waals surface area contributed by atoms with Crippen LogP contribution in [0.15, 0.2) is 30.7 Å². The number of rotatable bonds is 2. The molecule has 1 atom stereocenters. The summed E-state index contributed by atoms with van der Waals surface area (Å²) < 4.78 is 2.00. The molecule has 3 rings (SSSR count). The van der Waals surface area contributed by atoms with E-state index in [0.29, 0.717) is 12.2 Å². The van der Waals surface area contributed by atoms with E-state index in [1.54, 1.807) is 18.6 Å². The van der Waals surface area contributed by atoms with Crippen LogP contribution in [0.2, 0.25) is 0 Å². The minimum Gasteiger partial charge on any atom is -0.508 e. The number of imidazole rings is 1. The fourth-order valence-corrected chi connectivity index (χ4v) is 2.43. The number of nitrogens with zero attached hydrogens (tertiary/aromatic N) is 2. The summed E-state index contributed by atoms with van der Waals surface area (Å²) >= 11 is 0. The van der Waals surface area contributed by atoms with Gasteiger partial charge in [0.2, 0.25) is 0 Å². The van der Waals surface area contributed by atoms with Gasteiger partial charge in [-0.2, -0.15) is 0 Å². The molecule has 2 N–H and O–H groups in total. The fraction of sp³-hybridized carbons (Fsp3) is 0.250. The van der Waals surface area contributed by atoms with Crippen molar-refractivity contribution in [2.24, 2.45) is 0 Å². The molecule has 0 unspecified atom stereocenters. The number of aromatic hydroxyl groups is 1. The lowest BCUT2D eigenvalue weighted by Gasteiger charge is -2.13. The summed E-state index contributed by atoms with van der Waals surface area (Å²) in [6.45, 7) is 0.0933. The molecule has 82 valence electrons. The van der Waals surface area contributed by atoms with Crippen LogP contribution in [0.4, 0.5) is 0 Å². The van der Waals surface area contributed by atoms with Crippen LogP contribution in [0, 0.1) is 0 Å². The molecule has 1 aliphatic rings. The molecule has 0 fully saturated rings. The van der Waals surface area contributed by atoms with Gasteiger partial charge in [0.15, 0.2) is 0 Å². The lowest BCUT2D eigenvalue weighted by molar-refractivity contribution is 0.269. The predicted molar refractivity (Wildman–Crippen MR) is 59.2 cm³/mol. The van der Waals surface area contributed by atoms with Crippen LogP contribution < -0.4 is 0 Å². The Morgan fingerprint density at radius 1 is 1.38 bits per heavy atom. The van der Waals surface area contributed by atoms with Gasteiger partial charge in [0, 0.05) is 17.7 Å². The van der Waals surface area contributed by atoms with Crippen LogP contribution >= 0.6 is 0 Å². The summed E-state index contributed by atoms with van der Waals surface area (Å²) in [7, 11) is 0. The molecule has 2 aromatic rings. The zero-order valence-electron chi connectivity index (χ0n) is 8.67. The van der Waals surface area contributed by atoms with Gasteiger partial charge >= 0.3 is 0 Å². The van der Waals surface area contributed by atoms with Gasteiger partial charge in [-0.15, -0.1) is 0 Å². The standard InChI is InChI=1S/C12H12N2O2/c15-5-4-9-12-8(2-1-3-11(12)16)10-6-13-7-14(9)10/h1-3,6-7,9,15-16H,4-5H2/t9-/m0/s1. The summed E-state index contributed by atoms with van der Waals surface area (Å²) in [4.78, 5) is 4.10. The fourth-order valence-electron chi connectivity index (χ4n) is 2.43. The molecule has 0 bridgehead atoms. The first-order valence-corrected chi connectivity index (χ1v) is 5.28. The Labute approximate surface area is 92.8 Å². The number of phenolic OH excluding ortho intramolecular Hbond substituents is 1. The molecule has 16 heavy (non-hydrogen) atoms. The quantitative estimate of drug-likeness (QED) is 0.800. The van der Waals surface area contributed by atoms with Crippen molar-refractivity contribution in [3.63, 3.8) is 0 Å². The van der Waals surface area contributed by atoms with Crippen molar-refractivity contribution in [2.75, 3.05) is 6.61 Å². The Morgan fingerprint density at radius 3 is 3.06 bits per heavy atom. The van der Waals surface area contributed by atoms with Crippen LogP contribution in [0.3, 0.4) is 0 Å². The van der Waals surface area contributed by atoms with Crippen LogP contribution in [-0.4, -0.2) is 26.4 Å². The van der Waals surface area contributed by atoms with E-state index in [9.17, 15) is 5.11 Å². The van der Waals surface area contributed by atoms with E-state index in [-0.39, 0.29) is 12.6 Å². The van der Waals surface area contributed by atoms with E-state index < -0.39 is 0 Å². The molecule has 0 saturated heterocycles. The summed E-state index contributed by atoms with van der Waals surface area (Å²) in [5.74, 6) is 0.291. The van der Waals surface area contributed by atoms with Crippen molar-refractivity contribution in [2.45, 2.75) is 12.5 Å². The smallest absolute Gasteiger partial charge is 0.121 e. The zero-order chi connectivity index (χ0) is 11.1. The molecule has 1 aromatic heterocycles. The molecule has 0 spiro atoms. The van der Waals surface area contributed by atoms with Gasteiger partial charge in [0.25, 0.3) is 0 Å². The average molecular weight is 216 g/mol. The molecule has 4 nitrogen and oxygen atoms in total. The first-order chi connectivity index (χ1) is 7.83. The van der Waals surface area contributed by atoms with Crippen LogP contribution in [0.25, 0.3) is 11.3 Å². The predicted octanol–water partition coefficient (Wildman–Crippen LogP) is 1.54. The van der Waals surface area contributed by atoms with Crippen LogP contribution in [-0.2, 0) is 0 Å². The van der Waals surface area contributed by atoms with E-state index >= 15 is 0 Å². The number of aliphatic hydroxyl groups excluding tert-OH is 1. The van der Waals surface area contributed by atoms with Gasteiger partial charge in [-0.25, -0.2) is 4.98 Å². The van der Waals surface area contributed by atoms with Crippen LogP contribution in [0.1, 0.15) is 18.0 Å². The normalized spacial score (nSPS) is 17.2. The van der Waals surface area contributed by atoms with E-state index in [1.165, 1.54) is 0 Å². The van der Waals surface area contributed by atoms with Crippen molar-refractivity contribution < 1.29 is 10.2 Å². The molecule has 1 aromatic carbocycles. The molecule has 0 saturated carbocycles. The number of aliphatic hydroxyl groups is 1. The highest BCUT2D eigenvalue weighted by atomic mass is 16.3. The van der Waals surface area contributed by atoms with E-state index in [0.717, 1.165) is 16.8 Å². The van der Waals surface area contributed by atoms with E-state index in [1.807, 2.05) is 16.7 Å². The topological polar surface area (TPSA) is 58.3 Å². The Hall–Kier alpha value is -1.81. The average Bonchev–Trinajstić information content (AvgIpc) is 2.83. The van der Waals surface area contributed by atoms with E-state index in [2.05, 4.69) is 4.98 Å². The molecule has 0 radical (unpaired) electrons. The Bertz CT molecular complexity index is 534. The van der Waals surface area contributed by atoms with E-state index in [4.69, 9.17) is 5.11 Å². The van der Waals surface area contributed by atoms with Crippen LogP contribution in [0.5, 0.6) is 5.75 Å². The number of phenols is 1. The highest BCUT2D eigenvalue weighted by molar-refractivity contribution is 5.72. The third-order valence-electron chi connectivity index (χ3n) is 3.10. The van der Waals surface area contributed by atoms with Crippen molar-refractivity contribution >= 4 is 0 Å². The second-order valence-electron chi connectivity index (χ2n) is 3.95. The van der Waals surface area contributed by atoms with Crippen molar-refractivity contribution in [1.29, 1.82) is 0 Å². The molecule has 0 aliphatic carbocycles. The molecule has 0 amide bonds. The largest absolute Gasteiger partial charge is 0.508 e. The van der Waals surface area contributed by atoms with Gasteiger partial charge in [-0.05, 0) is 12.5 Å². The highest BCUT2D eigenvalue weighted by Gasteiger charge is 2.30. The Morgan fingerprint density at radius 2 is 2.25 bits per heavy atom. The third kappa shape index (κ3) is 1.10. The van der Waals surface area contributed by atoms with Gasteiger partial charge in [0.05, 0.1) is 24.3 Å². The SMILES string of the molecule is OCC[C@H]1c2c(O)cccc2-c2cncn21. The number of aromatic nitrogens is 2. The monoisotopic (exact) mass is 216 g/mol. The summed E-state index contributed by atoms with van der Waals surface area (Å²) in [5, 5.41) is 19.0. The van der Waals surface area contributed by atoms with Gasteiger partial charge in [0.1, 0.15) is 5.75 Å². The maximum absolute atomic E-state index is 9.90. The van der Waals surface area contributed by atoms with Gasteiger partial charge in [-0.1, -0.05) is 12.1 Å². The number of hydrogen-bond donors (Lipinski definition) is 2. The van der Waals surface area contributed by atoms with Crippen molar-refractivity contribution in [3.8, 4) is 17.0 Å². The lowest BCUT2D eigenvalue weighted by atomic mass is 10.00. The first-order valence-electron chi connectivity index (χ1n) is 5.28. The Balaban J connectivity index is 2.24. The molecule has 1 aliphatic heterocycles. The molecular formula is C12H12N2O2. The summed E-state index contributed by atoms with van der Waals surface area (Å²) in [6.07, 6.45) is 4.12. The molecule has 4 heteroatoms. The molecule has 2 heterocycles. The third-order valence-corrected chi connectivity index (χ3v) is 3.10. The maximum atomic E-state index is 9.90. The minimum atomic E-state index is -0.00120. The Kier molecular flexibility index (Phi) is 1.97. The second-order valence-corrected chi connectivity index (χ2v) is 3.95. The van der Waals surface area contributed by atoms with Gasteiger partial charge < -0.3 is 14.8 Å². The minimum absolute atomic E-state index is 0.00120. The number of hydrogen-bond acceptors (Lipinski definition) is 3. The van der Waals surface area contributed by atoms with Gasteiger partial charge in [-0.3, -0.25) is 0 Å². The highest BCUT2D eigenvalue weighted by Crippen LogP contribution is 2.44.